The average Bonchev–Trinajstić information content (AvgIpc) is 3.29. The number of ether oxygens (including phenoxy) is 1. The summed E-state index contributed by atoms with van der Waals surface area (Å²) in [4.78, 5) is 34.1. The average molecular weight is 497 g/mol. The van der Waals surface area contributed by atoms with E-state index in [4.69, 9.17) is 4.74 Å². The van der Waals surface area contributed by atoms with Crippen LogP contribution < -0.4 is 4.90 Å². The summed E-state index contributed by atoms with van der Waals surface area (Å²) in [7, 11) is 0. The lowest BCUT2D eigenvalue weighted by molar-refractivity contribution is -0.139. The first-order valence-electron chi connectivity index (χ1n) is 10.3. The number of carbonyl (C=O) groups excluding carboxylic acids is 2. The van der Waals surface area contributed by atoms with Crippen LogP contribution in [-0.2, 0) is 27.1 Å². The molecule has 2 heterocycles. The van der Waals surface area contributed by atoms with E-state index in [9.17, 15) is 22.8 Å². The molecule has 2 aromatic heterocycles. The molecular formula is C25H18F3N3O3S. The molecule has 0 unspecified atom stereocenters. The molecule has 0 spiro atoms. The van der Waals surface area contributed by atoms with Crippen molar-refractivity contribution in [3.8, 4) is 0 Å². The van der Waals surface area contributed by atoms with Crippen molar-refractivity contribution < 1.29 is 27.5 Å². The number of amides is 1. The zero-order chi connectivity index (χ0) is 25.0. The van der Waals surface area contributed by atoms with Gasteiger partial charge in [0, 0.05) is 35.5 Å². The minimum atomic E-state index is -4.55. The number of rotatable bonds is 6. The third-order valence-corrected chi connectivity index (χ3v) is 5.78. The topological polar surface area (TPSA) is 72.4 Å². The second kappa shape index (κ2) is 10.1. The number of fused-ring (bicyclic) bond motifs is 1. The number of pyridine rings is 1. The molecule has 1 amide bonds. The second-order valence-electron chi connectivity index (χ2n) is 7.39. The molecule has 178 valence electrons. The van der Waals surface area contributed by atoms with Crippen molar-refractivity contribution in [2.45, 2.75) is 19.7 Å². The van der Waals surface area contributed by atoms with Crippen LogP contribution in [0.5, 0.6) is 0 Å². The maximum Gasteiger partial charge on any atom is 0.416 e. The second-order valence-corrected chi connectivity index (χ2v) is 8.22. The Kier molecular flexibility index (Phi) is 6.92. The summed E-state index contributed by atoms with van der Waals surface area (Å²) in [6, 6.07) is 13.8. The van der Waals surface area contributed by atoms with Crippen molar-refractivity contribution in [1.82, 2.24) is 9.97 Å². The van der Waals surface area contributed by atoms with E-state index in [1.807, 2.05) is 30.3 Å². The Bertz CT molecular complexity index is 1410. The molecule has 35 heavy (non-hydrogen) atoms. The van der Waals surface area contributed by atoms with Gasteiger partial charge in [-0.25, -0.2) is 9.78 Å². The van der Waals surface area contributed by atoms with Crippen molar-refractivity contribution >= 4 is 51.0 Å². The van der Waals surface area contributed by atoms with E-state index in [0.29, 0.717) is 5.69 Å². The molecule has 0 aliphatic heterocycles. The Labute approximate surface area is 202 Å². The molecule has 2 aromatic carbocycles. The zero-order valence-corrected chi connectivity index (χ0v) is 19.1. The van der Waals surface area contributed by atoms with Gasteiger partial charge >= 0.3 is 12.1 Å². The molecule has 0 radical (unpaired) electrons. The van der Waals surface area contributed by atoms with Crippen molar-refractivity contribution in [2.75, 3.05) is 4.90 Å². The summed E-state index contributed by atoms with van der Waals surface area (Å²) in [5.74, 6) is -1.11. The lowest BCUT2D eigenvalue weighted by Crippen LogP contribution is -2.23. The lowest BCUT2D eigenvalue weighted by atomic mass is 10.1. The van der Waals surface area contributed by atoms with Gasteiger partial charge < -0.3 is 4.74 Å². The van der Waals surface area contributed by atoms with Crippen LogP contribution in [0.25, 0.3) is 17.0 Å². The highest BCUT2D eigenvalue weighted by Crippen LogP contribution is 2.35. The largest absolute Gasteiger partial charge is 0.456 e. The van der Waals surface area contributed by atoms with Gasteiger partial charge in [-0.2, -0.15) is 13.2 Å². The monoisotopic (exact) mass is 497 g/mol. The Morgan fingerprint density at radius 3 is 2.66 bits per heavy atom. The third-order valence-electron chi connectivity index (χ3n) is 4.90. The van der Waals surface area contributed by atoms with Crippen LogP contribution in [-0.4, -0.2) is 21.8 Å². The highest BCUT2D eigenvalue weighted by Gasteiger charge is 2.31. The van der Waals surface area contributed by atoms with Crippen molar-refractivity contribution in [3.05, 3.63) is 89.1 Å². The van der Waals surface area contributed by atoms with E-state index in [1.165, 1.54) is 25.1 Å². The number of carbonyl (C=O) groups is 2. The van der Waals surface area contributed by atoms with Crippen LogP contribution in [0.3, 0.4) is 0 Å². The summed E-state index contributed by atoms with van der Waals surface area (Å²) < 4.78 is 44.5. The van der Waals surface area contributed by atoms with Gasteiger partial charge in [-0.05, 0) is 30.3 Å². The fourth-order valence-electron chi connectivity index (χ4n) is 3.33. The standard InChI is InChI=1S/C25H18F3N3O3S/c1-16(32)31(21-9-3-8-19(13-21)25(26,27)28)24-30-20(15-35-24)14-34-22(33)11-10-18-6-2-5-17-7-4-12-29-23(17)18/h2-13,15H,14H2,1H3. The fourth-order valence-corrected chi connectivity index (χ4v) is 4.20. The molecule has 0 N–H and O–H groups in total. The van der Waals surface area contributed by atoms with E-state index in [2.05, 4.69) is 9.97 Å². The molecule has 0 fully saturated rings. The van der Waals surface area contributed by atoms with Crippen molar-refractivity contribution in [1.29, 1.82) is 0 Å². The number of halogens is 3. The van der Waals surface area contributed by atoms with Gasteiger partial charge in [0.2, 0.25) is 5.91 Å². The number of anilines is 2. The van der Waals surface area contributed by atoms with E-state index in [1.54, 1.807) is 17.7 Å². The van der Waals surface area contributed by atoms with Crippen LogP contribution >= 0.6 is 11.3 Å². The molecule has 4 rings (SSSR count). The molecule has 0 atom stereocenters. The smallest absolute Gasteiger partial charge is 0.416 e. The first-order chi connectivity index (χ1) is 16.7. The number of aromatic nitrogens is 2. The summed E-state index contributed by atoms with van der Waals surface area (Å²) in [5.41, 5.74) is 1.03. The predicted molar refractivity (Wildman–Crippen MR) is 127 cm³/mol. The normalized spacial score (nSPS) is 11.7. The van der Waals surface area contributed by atoms with E-state index in [0.717, 1.165) is 44.8 Å². The van der Waals surface area contributed by atoms with E-state index < -0.39 is 23.6 Å². The Balaban J connectivity index is 1.45. The van der Waals surface area contributed by atoms with Gasteiger partial charge in [0.15, 0.2) is 5.13 Å². The van der Waals surface area contributed by atoms with Crippen LogP contribution in [0, 0.1) is 0 Å². The van der Waals surface area contributed by atoms with Gasteiger partial charge in [-0.1, -0.05) is 30.3 Å². The highest BCUT2D eigenvalue weighted by atomic mass is 32.1. The Morgan fingerprint density at radius 1 is 1.11 bits per heavy atom. The van der Waals surface area contributed by atoms with Crippen LogP contribution in [0.1, 0.15) is 23.7 Å². The molecular weight excluding hydrogens is 479 g/mol. The quantitative estimate of drug-likeness (QED) is 0.236. The van der Waals surface area contributed by atoms with Gasteiger partial charge in [0.25, 0.3) is 0 Å². The molecule has 0 aliphatic carbocycles. The van der Waals surface area contributed by atoms with Gasteiger partial charge in [-0.3, -0.25) is 14.7 Å². The molecule has 0 bridgehead atoms. The Morgan fingerprint density at radius 2 is 1.89 bits per heavy atom. The predicted octanol–water partition coefficient (Wildman–Crippen LogP) is 6.15. The number of esters is 1. The van der Waals surface area contributed by atoms with Gasteiger partial charge in [0.1, 0.15) is 6.61 Å². The number of hydrogen-bond acceptors (Lipinski definition) is 6. The van der Waals surface area contributed by atoms with Gasteiger partial charge in [0.05, 0.1) is 22.5 Å². The first-order valence-corrected chi connectivity index (χ1v) is 11.2. The van der Waals surface area contributed by atoms with Crippen LogP contribution in [0.15, 0.2) is 72.3 Å². The maximum absolute atomic E-state index is 13.1. The number of alkyl halides is 3. The minimum Gasteiger partial charge on any atom is -0.456 e. The highest BCUT2D eigenvalue weighted by molar-refractivity contribution is 7.14. The number of benzene rings is 2. The zero-order valence-electron chi connectivity index (χ0n) is 18.3. The van der Waals surface area contributed by atoms with Crippen molar-refractivity contribution in [2.24, 2.45) is 0 Å². The SMILES string of the molecule is CC(=O)N(c1cccc(C(F)(F)F)c1)c1nc(COC(=O)C=Cc2cccc3cccnc23)cs1. The molecule has 0 saturated heterocycles. The number of hydrogen-bond donors (Lipinski definition) is 0. The number of thiazole rings is 1. The van der Waals surface area contributed by atoms with E-state index >= 15 is 0 Å². The van der Waals surface area contributed by atoms with Crippen molar-refractivity contribution in [3.63, 3.8) is 0 Å². The summed E-state index contributed by atoms with van der Waals surface area (Å²) >= 11 is 1.05. The third kappa shape index (κ3) is 5.72. The van der Waals surface area contributed by atoms with Gasteiger partial charge in [-0.15, -0.1) is 11.3 Å². The summed E-state index contributed by atoms with van der Waals surface area (Å²) in [6.07, 6.45) is 0.00829. The lowest BCUT2D eigenvalue weighted by Gasteiger charge is -2.19. The minimum absolute atomic E-state index is 0.0388. The Hall–Kier alpha value is -4.05. The molecule has 6 nitrogen and oxygen atoms in total. The first kappa shape index (κ1) is 24.1. The summed E-state index contributed by atoms with van der Waals surface area (Å²) in [5, 5.41) is 2.68. The van der Waals surface area contributed by atoms with Crippen LogP contribution in [0.4, 0.5) is 24.0 Å². The number of nitrogens with zero attached hydrogens (tertiary/aromatic N) is 3. The molecule has 0 saturated carbocycles. The molecule has 0 aliphatic rings. The molecule has 4 aromatic rings. The fraction of sp³-hybridized carbons (Fsp3) is 0.120. The molecule has 10 heteroatoms. The summed E-state index contributed by atoms with van der Waals surface area (Å²) in [6.45, 7) is 1.07. The van der Waals surface area contributed by atoms with Crippen LogP contribution in [0.2, 0.25) is 0 Å². The number of para-hydroxylation sites is 1. The maximum atomic E-state index is 13.1. The van der Waals surface area contributed by atoms with E-state index in [-0.39, 0.29) is 17.4 Å².